The third-order valence-corrected chi connectivity index (χ3v) is 5.38. The van der Waals surface area contributed by atoms with Gasteiger partial charge in [0, 0.05) is 17.7 Å². The van der Waals surface area contributed by atoms with E-state index < -0.39 is 0 Å². The molecule has 0 aromatic heterocycles. The van der Waals surface area contributed by atoms with Gasteiger partial charge in [0.15, 0.2) is 0 Å². The zero-order valence-corrected chi connectivity index (χ0v) is 11.1. The van der Waals surface area contributed by atoms with Crippen molar-refractivity contribution in [2.24, 2.45) is 29.6 Å². The van der Waals surface area contributed by atoms with Gasteiger partial charge >= 0.3 is 0 Å². The predicted octanol–water partition coefficient (Wildman–Crippen LogP) is 2.93. The van der Waals surface area contributed by atoms with Crippen LogP contribution in [0.2, 0.25) is 0 Å². The number of nitrogens with one attached hydrogen (secondary N) is 1. The van der Waals surface area contributed by atoms with Gasteiger partial charge in [-0.1, -0.05) is 6.07 Å². The molecule has 1 N–H and O–H groups in total. The number of anilines is 1. The molecular formula is C16H19NO2. The average Bonchev–Trinajstić information content (AvgIpc) is 2.88. The SMILES string of the molecule is COc1cccc(NC(=O)C2[C@@H]3[C@H]4CC[C@@H](C4)[C@@H]23)c1. The first-order valence-electron chi connectivity index (χ1n) is 7.23. The molecule has 3 aliphatic carbocycles. The normalized spacial score (nSPS) is 37.8. The van der Waals surface area contributed by atoms with Crippen molar-refractivity contribution >= 4 is 11.6 Å². The van der Waals surface area contributed by atoms with Gasteiger partial charge in [-0.2, -0.15) is 0 Å². The van der Waals surface area contributed by atoms with Crippen molar-refractivity contribution < 1.29 is 9.53 Å². The molecule has 1 amide bonds. The van der Waals surface area contributed by atoms with Crippen LogP contribution in [0.4, 0.5) is 5.69 Å². The Morgan fingerprint density at radius 2 is 2.00 bits per heavy atom. The van der Waals surface area contributed by atoms with Gasteiger partial charge in [-0.15, -0.1) is 0 Å². The molecule has 0 heterocycles. The Morgan fingerprint density at radius 1 is 1.26 bits per heavy atom. The van der Waals surface area contributed by atoms with Gasteiger partial charge in [0.2, 0.25) is 5.91 Å². The molecule has 100 valence electrons. The van der Waals surface area contributed by atoms with E-state index in [0.29, 0.717) is 11.8 Å². The molecule has 3 heteroatoms. The molecule has 1 aromatic rings. The lowest BCUT2D eigenvalue weighted by Crippen LogP contribution is -2.18. The van der Waals surface area contributed by atoms with Crippen molar-refractivity contribution in [1.29, 1.82) is 0 Å². The Bertz CT molecular complexity index is 511. The molecule has 3 nitrogen and oxygen atoms in total. The topological polar surface area (TPSA) is 38.3 Å². The third kappa shape index (κ3) is 1.67. The summed E-state index contributed by atoms with van der Waals surface area (Å²) in [6, 6.07) is 7.60. The molecule has 4 atom stereocenters. The number of ether oxygens (including phenoxy) is 1. The summed E-state index contributed by atoms with van der Waals surface area (Å²) in [5.74, 6) is 4.38. The highest BCUT2D eigenvalue weighted by atomic mass is 16.5. The summed E-state index contributed by atoms with van der Waals surface area (Å²) in [5, 5.41) is 3.06. The Kier molecular flexibility index (Phi) is 2.38. The first-order chi connectivity index (χ1) is 9.28. The smallest absolute Gasteiger partial charge is 0.228 e. The van der Waals surface area contributed by atoms with Gasteiger partial charge in [0.25, 0.3) is 0 Å². The van der Waals surface area contributed by atoms with E-state index >= 15 is 0 Å². The maximum Gasteiger partial charge on any atom is 0.228 e. The molecule has 3 aliphatic rings. The Balaban J connectivity index is 1.45. The van der Waals surface area contributed by atoms with Crippen LogP contribution in [0.5, 0.6) is 5.75 Å². The van der Waals surface area contributed by atoms with Crippen LogP contribution in [0, 0.1) is 29.6 Å². The zero-order valence-electron chi connectivity index (χ0n) is 11.1. The lowest BCUT2D eigenvalue weighted by molar-refractivity contribution is -0.118. The highest BCUT2D eigenvalue weighted by Crippen LogP contribution is 2.69. The first-order valence-corrected chi connectivity index (χ1v) is 7.23. The Labute approximate surface area is 113 Å². The largest absolute Gasteiger partial charge is 0.497 e. The van der Waals surface area contributed by atoms with Crippen molar-refractivity contribution in [1.82, 2.24) is 0 Å². The number of fused-ring (bicyclic) bond motifs is 5. The number of hydrogen-bond acceptors (Lipinski definition) is 2. The molecule has 0 radical (unpaired) electrons. The minimum Gasteiger partial charge on any atom is -0.497 e. The second-order valence-corrected chi connectivity index (χ2v) is 6.23. The fraction of sp³-hybridized carbons (Fsp3) is 0.562. The molecular weight excluding hydrogens is 238 g/mol. The van der Waals surface area contributed by atoms with Crippen molar-refractivity contribution in [3.8, 4) is 5.75 Å². The highest BCUT2D eigenvalue weighted by Gasteiger charge is 2.67. The van der Waals surface area contributed by atoms with Crippen molar-refractivity contribution in [3.63, 3.8) is 0 Å². The third-order valence-electron chi connectivity index (χ3n) is 5.38. The van der Waals surface area contributed by atoms with E-state index in [0.717, 1.165) is 23.3 Å². The molecule has 4 rings (SSSR count). The van der Waals surface area contributed by atoms with E-state index in [2.05, 4.69) is 5.32 Å². The lowest BCUT2D eigenvalue weighted by atomic mass is 10.0. The van der Waals surface area contributed by atoms with Gasteiger partial charge < -0.3 is 10.1 Å². The van der Waals surface area contributed by atoms with Crippen molar-refractivity contribution in [2.45, 2.75) is 19.3 Å². The number of rotatable bonds is 3. The van der Waals surface area contributed by atoms with E-state index in [-0.39, 0.29) is 11.8 Å². The Morgan fingerprint density at radius 3 is 2.68 bits per heavy atom. The molecule has 1 aromatic carbocycles. The van der Waals surface area contributed by atoms with Crippen LogP contribution in [0.25, 0.3) is 0 Å². The van der Waals surface area contributed by atoms with Gasteiger partial charge in [-0.25, -0.2) is 0 Å². The van der Waals surface area contributed by atoms with Gasteiger partial charge in [0.05, 0.1) is 7.11 Å². The predicted molar refractivity (Wildman–Crippen MR) is 72.9 cm³/mol. The molecule has 3 saturated carbocycles. The summed E-state index contributed by atoms with van der Waals surface area (Å²) in [4.78, 5) is 12.4. The van der Waals surface area contributed by atoms with Crippen molar-refractivity contribution in [3.05, 3.63) is 24.3 Å². The summed E-state index contributed by atoms with van der Waals surface area (Å²) >= 11 is 0. The summed E-state index contributed by atoms with van der Waals surface area (Å²) in [6.45, 7) is 0. The summed E-state index contributed by atoms with van der Waals surface area (Å²) in [7, 11) is 1.64. The van der Waals surface area contributed by atoms with E-state index in [4.69, 9.17) is 4.74 Å². The second kappa shape index (κ2) is 3.99. The number of carbonyl (C=O) groups excluding carboxylic acids is 1. The standard InChI is InChI=1S/C16H19NO2/c1-19-12-4-2-3-11(8-12)17-16(18)15-13-9-5-6-10(7-9)14(13)15/h2-4,8-10,13-15H,5-7H2,1H3,(H,17,18)/t9-,10-,13+,14+/m0/s1. The second-order valence-electron chi connectivity index (χ2n) is 6.23. The van der Waals surface area contributed by atoms with Gasteiger partial charge in [-0.05, 0) is 55.1 Å². The fourth-order valence-corrected chi connectivity index (χ4v) is 4.60. The number of hydrogen-bond donors (Lipinski definition) is 1. The van der Waals surface area contributed by atoms with Crippen LogP contribution in [0.3, 0.4) is 0 Å². The van der Waals surface area contributed by atoms with Gasteiger partial charge in [0.1, 0.15) is 5.75 Å². The van der Waals surface area contributed by atoms with E-state index in [9.17, 15) is 4.79 Å². The van der Waals surface area contributed by atoms with Crippen LogP contribution >= 0.6 is 0 Å². The number of carbonyl (C=O) groups is 1. The maximum absolute atomic E-state index is 12.4. The van der Waals surface area contributed by atoms with E-state index in [1.165, 1.54) is 19.3 Å². The molecule has 19 heavy (non-hydrogen) atoms. The molecule has 0 unspecified atom stereocenters. The molecule has 3 fully saturated rings. The van der Waals surface area contributed by atoms with Crippen LogP contribution in [-0.2, 0) is 4.79 Å². The number of amides is 1. The zero-order chi connectivity index (χ0) is 13.0. The minimum absolute atomic E-state index is 0.222. The van der Waals surface area contributed by atoms with Crippen LogP contribution in [0.1, 0.15) is 19.3 Å². The summed E-state index contributed by atoms with van der Waals surface area (Å²) in [5.41, 5.74) is 0.849. The molecule has 0 aliphatic heterocycles. The monoisotopic (exact) mass is 257 g/mol. The van der Waals surface area contributed by atoms with Crippen LogP contribution in [-0.4, -0.2) is 13.0 Å². The lowest BCUT2D eigenvalue weighted by Gasteiger charge is -2.10. The summed E-state index contributed by atoms with van der Waals surface area (Å²) in [6.07, 6.45) is 4.10. The Hall–Kier alpha value is -1.51. The molecule has 0 saturated heterocycles. The average molecular weight is 257 g/mol. The molecule has 0 spiro atoms. The van der Waals surface area contributed by atoms with Gasteiger partial charge in [-0.3, -0.25) is 4.79 Å². The minimum atomic E-state index is 0.222. The van der Waals surface area contributed by atoms with E-state index in [1.807, 2.05) is 24.3 Å². The van der Waals surface area contributed by atoms with E-state index in [1.54, 1.807) is 7.11 Å². The van der Waals surface area contributed by atoms with Crippen molar-refractivity contribution in [2.75, 3.05) is 12.4 Å². The first kappa shape index (κ1) is 11.3. The molecule has 2 bridgehead atoms. The highest BCUT2D eigenvalue weighted by molar-refractivity contribution is 5.95. The maximum atomic E-state index is 12.4. The number of methoxy groups -OCH3 is 1. The number of benzene rings is 1. The fourth-order valence-electron chi connectivity index (χ4n) is 4.60. The van der Waals surface area contributed by atoms with Crippen LogP contribution < -0.4 is 10.1 Å². The van der Waals surface area contributed by atoms with Crippen LogP contribution in [0.15, 0.2) is 24.3 Å². The summed E-state index contributed by atoms with van der Waals surface area (Å²) < 4.78 is 5.18. The quantitative estimate of drug-likeness (QED) is 0.904.